The van der Waals surface area contributed by atoms with Crippen molar-refractivity contribution in [3.05, 3.63) is 42.2 Å². The summed E-state index contributed by atoms with van der Waals surface area (Å²) in [7, 11) is 1.78. The van der Waals surface area contributed by atoms with E-state index < -0.39 is 5.60 Å². The SMILES string of the molecule is CO[C@H]1CC[C@H](Oc2ccc(-n3nccc3CC3(O)CCN(C(=O)C4(C)CC4)CC3)cc2)CC1. The number of aromatic nitrogens is 2. The quantitative estimate of drug-likeness (QED) is 0.668. The fourth-order valence-electron chi connectivity index (χ4n) is 5.36. The normalized spacial score (nSPS) is 25.7. The van der Waals surface area contributed by atoms with E-state index in [2.05, 4.69) is 12.0 Å². The van der Waals surface area contributed by atoms with Crippen LogP contribution < -0.4 is 4.74 Å². The molecule has 1 amide bonds. The topological polar surface area (TPSA) is 76.8 Å². The van der Waals surface area contributed by atoms with Gasteiger partial charge in [-0.1, -0.05) is 6.92 Å². The molecule has 2 saturated carbocycles. The van der Waals surface area contributed by atoms with Gasteiger partial charge in [-0.3, -0.25) is 4.79 Å². The Morgan fingerprint density at radius 3 is 2.29 bits per heavy atom. The lowest BCUT2D eigenvalue weighted by Crippen LogP contribution is -2.49. The number of carbonyl (C=O) groups excluding carboxylic acids is 1. The van der Waals surface area contributed by atoms with Gasteiger partial charge >= 0.3 is 0 Å². The Bertz CT molecular complexity index is 982. The average molecular weight is 468 g/mol. The number of piperidine rings is 1. The third-order valence-corrected chi connectivity index (χ3v) is 8.07. The molecule has 0 radical (unpaired) electrons. The number of rotatable bonds is 7. The Hall–Kier alpha value is -2.38. The number of benzene rings is 1. The van der Waals surface area contributed by atoms with Crippen LogP contribution in [0, 0.1) is 5.41 Å². The molecule has 1 saturated heterocycles. The van der Waals surface area contributed by atoms with Crippen LogP contribution in [0.3, 0.4) is 0 Å². The van der Waals surface area contributed by atoms with Crippen LogP contribution in [-0.2, 0) is 16.0 Å². The molecule has 1 aromatic carbocycles. The molecule has 0 spiro atoms. The highest BCUT2D eigenvalue weighted by Gasteiger charge is 2.48. The number of methoxy groups -OCH3 is 1. The first kappa shape index (κ1) is 23.4. The van der Waals surface area contributed by atoms with Crippen LogP contribution in [0.4, 0.5) is 0 Å². The maximum atomic E-state index is 12.6. The minimum Gasteiger partial charge on any atom is -0.490 e. The summed E-state index contributed by atoms with van der Waals surface area (Å²) < 4.78 is 13.5. The van der Waals surface area contributed by atoms with Gasteiger partial charge in [-0.2, -0.15) is 5.10 Å². The molecule has 7 nitrogen and oxygen atoms in total. The van der Waals surface area contributed by atoms with Crippen molar-refractivity contribution in [3.8, 4) is 11.4 Å². The summed E-state index contributed by atoms with van der Waals surface area (Å²) in [5, 5.41) is 15.8. The monoisotopic (exact) mass is 467 g/mol. The number of hydrogen-bond donors (Lipinski definition) is 1. The molecule has 0 atom stereocenters. The molecule has 1 aromatic heterocycles. The molecule has 2 aromatic rings. The second-order valence-corrected chi connectivity index (χ2v) is 10.7. The van der Waals surface area contributed by atoms with E-state index in [0.717, 1.165) is 55.7 Å². The molecule has 5 rings (SSSR count). The lowest BCUT2D eigenvalue weighted by atomic mass is 9.86. The molecule has 184 valence electrons. The molecule has 2 heterocycles. The van der Waals surface area contributed by atoms with E-state index in [1.165, 1.54) is 0 Å². The summed E-state index contributed by atoms with van der Waals surface area (Å²) in [6.45, 7) is 3.30. The van der Waals surface area contributed by atoms with Crippen molar-refractivity contribution in [1.29, 1.82) is 0 Å². The van der Waals surface area contributed by atoms with Crippen LogP contribution in [0.15, 0.2) is 36.5 Å². The highest BCUT2D eigenvalue weighted by molar-refractivity contribution is 5.85. The molecule has 1 N–H and O–H groups in total. The minimum absolute atomic E-state index is 0.146. The lowest BCUT2D eigenvalue weighted by Gasteiger charge is -2.39. The van der Waals surface area contributed by atoms with Gasteiger partial charge in [-0.05, 0) is 81.7 Å². The van der Waals surface area contributed by atoms with Crippen molar-refractivity contribution in [2.24, 2.45) is 5.41 Å². The molecule has 34 heavy (non-hydrogen) atoms. The van der Waals surface area contributed by atoms with Gasteiger partial charge in [0.15, 0.2) is 0 Å². The second-order valence-electron chi connectivity index (χ2n) is 10.7. The first-order valence-corrected chi connectivity index (χ1v) is 12.7. The third kappa shape index (κ3) is 5.01. The van der Waals surface area contributed by atoms with Gasteiger partial charge in [0.1, 0.15) is 5.75 Å². The highest BCUT2D eigenvalue weighted by atomic mass is 16.5. The van der Waals surface area contributed by atoms with Gasteiger partial charge in [0, 0.05) is 43.9 Å². The van der Waals surface area contributed by atoms with E-state index in [1.807, 2.05) is 39.9 Å². The Morgan fingerprint density at radius 2 is 1.68 bits per heavy atom. The molecular formula is C27H37N3O4. The number of ether oxygens (including phenoxy) is 2. The first-order valence-electron chi connectivity index (χ1n) is 12.7. The number of nitrogens with zero attached hydrogens (tertiary/aromatic N) is 3. The Balaban J connectivity index is 1.18. The molecule has 7 heteroatoms. The summed E-state index contributed by atoms with van der Waals surface area (Å²) in [6.07, 6.45) is 10.2. The van der Waals surface area contributed by atoms with Crippen molar-refractivity contribution in [1.82, 2.24) is 14.7 Å². The van der Waals surface area contributed by atoms with Gasteiger partial charge in [0.2, 0.25) is 5.91 Å². The Labute approximate surface area is 202 Å². The van der Waals surface area contributed by atoms with Crippen LogP contribution >= 0.6 is 0 Å². The third-order valence-electron chi connectivity index (χ3n) is 8.07. The average Bonchev–Trinajstić information content (AvgIpc) is 3.45. The van der Waals surface area contributed by atoms with Crippen LogP contribution in [0.2, 0.25) is 0 Å². The standard InChI is InChI=1S/C27H37N3O4/c1-26(12-13-26)25(31)29-17-14-27(32,15-18-29)19-21-11-16-28-30(21)20-3-5-23(6-4-20)34-24-9-7-22(33-2)8-10-24/h3-6,11,16,22,24,32H,7-10,12-15,17-19H2,1-2H3/t22-,24-. The van der Waals surface area contributed by atoms with Crippen molar-refractivity contribution < 1.29 is 19.4 Å². The van der Waals surface area contributed by atoms with Crippen LogP contribution in [-0.4, -0.2) is 63.7 Å². The van der Waals surface area contributed by atoms with Gasteiger partial charge in [0.05, 0.1) is 23.5 Å². The van der Waals surface area contributed by atoms with Gasteiger partial charge < -0.3 is 19.5 Å². The van der Waals surface area contributed by atoms with Crippen LogP contribution in [0.1, 0.15) is 64.0 Å². The Kier molecular flexibility index (Phi) is 6.42. The first-order chi connectivity index (χ1) is 16.4. The largest absolute Gasteiger partial charge is 0.490 e. The second kappa shape index (κ2) is 9.34. The summed E-state index contributed by atoms with van der Waals surface area (Å²) in [6, 6.07) is 10.0. The smallest absolute Gasteiger partial charge is 0.228 e. The summed E-state index contributed by atoms with van der Waals surface area (Å²) in [5.41, 5.74) is 0.965. The lowest BCUT2D eigenvalue weighted by molar-refractivity contribution is -0.140. The van der Waals surface area contributed by atoms with E-state index in [9.17, 15) is 9.90 Å². The van der Waals surface area contributed by atoms with E-state index in [-0.39, 0.29) is 17.4 Å². The number of carbonyl (C=O) groups is 1. The highest BCUT2D eigenvalue weighted by Crippen LogP contribution is 2.47. The summed E-state index contributed by atoms with van der Waals surface area (Å²) >= 11 is 0. The van der Waals surface area contributed by atoms with Crippen molar-refractivity contribution >= 4 is 5.91 Å². The zero-order valence-corrected chi connectivity index (χ0v) is 20.4. The molecule has 1 aliphatic heterocycles. The van der Waals surface area contributed by atoms with E-state index in [1.54, 1.807) is 13.3 Å². The van der Waals surface area contributed by atoms with Crippen molar-refractivity contribution in [2.45, 2.75) is 82.5 Å². The number of aliphatic hydroxyl groups is 1. The minimum atomic E-state index is -0.816. The molecule has 0 unspecified atom stereocenters. The maximum Gasteiger partial charge on any atom is 0.228 e. The Morgan fingerprint density at radius 1 is 1.03 bits per heavy atom. The molecule has 0 bridgehead atoms. The number of amides is 1. The maximum absolute atomic E-state index is 12.6. The summed E-state index contributed by atoms with van der Waals surface area (Å²) in [4.78, 5) is 14.6. The van der Waals surface area contributed by atoms with Crippen molar-refractivity contribution in [3.63, 3.8) is 0 Å². The number of hydrogen-bond acceptors (Lipinski definition) is 5. The van der Waals surface area contributed by atoms with E-state index in [4.69, 9.17) is 9.47 Å². The number of likely N-dealkylation sites (tertiary alicyclic amines) is 1. The zero-order chi connectivity index (χ0) is 23.8. The molecule has 2 aliphatic carbocycles. The van der Waals surface area contributed by atoms with Crippen LogP contribution in [0.5, 0.6) is 5.75 Å². The predicted molar refractivity (Wildman–Crippen MR) is 129 cm³/mol. The van der Waals surface area contributed by atoms with Gasteiger partial charge in [0.25, 0.3) is 0 Å². The molecule has 3 aliphatic rings. The van der Waals surface area contributed by atoms with Crippen LogP contribution in [0.25, 0.3) is 5.69 Å². The van der Waals surface area contributed by atoms with Gasteiger partial charge in [-0.25, -0.2) is 4.68 Å². The van der Waals surface area contributed by atoms with E-state index in [0.29, 0.717) is 38.5 Å². The van der Waals surface area contributed by atoms with E-state index >= 15 is 0 Å². The molecule has 3 fully saturated rings. The molecular weight excluding hydrogens is 430 g/mol. The summed E-state index contributed by atoms with van der Waals surface area (Å²) in [5.74, 6) is 1.13. The van der Waals surface area contributed by atoms with Crippen molar-refractivity contribution in [2.75, 3.05) is 20.2 Å². The fraction of sp³-hybridized carbons (Fsp3) is 0.630. The van der Waals surface area contributed by atoms with Gasteiger partial charge in [-0.15, -0.1) is 0 Å². The zero-order valence-electron chi connectivity index (χ0n) is 20.4. The fourth-order valence-corrected chi connectivity index (χ4v) is 5.36. The predicted octanol–water partition coefficient (Wildman–Crippen LogP) is 3.90.